The quantitative estimate of drug-likeness (QED) is 0.351. The van der Waals surface area contributed by atoms with Crippen molar-refractivity contribution in [1.29, 1.82) is 0 Å². The molecule has 11 heteroatoms. The first-order valence-electron chi connectivity index (χ1n) is 9.96. The molecule has 5 atom stereocenters. The van der Waals surface area contributed by atoms with Crippen LogP contribution in [0.4, 0.5) is 5.69 Å². The lowest BCUT2D eigenvalue weighted by atomic mass is 9.98. The average Bonchev–Trinajstić information content (AvgIpc) is 2.81. The molecule has 0 radical (unpaired) electrons. The number of esters is 2. The van der Waals surface area contributed by atoms with Crippen LogP contribution in [0.5, 0.6) is 0 Å². The number of nitrogens with zero attached hydrogens (tertiary/aromatic N) is 1. The number of aliphatic hydroxyl groups excluding tert-OH is 2. The number of aliphatic hydroxyl groups is 2. The fraction of sp³-hybridized carbons (Fsp3) is 0.364. The van der Waals surface area contributed by atoms with E-state index in [1.165, 1.54) is 37.4 Å². The molecule has 1 saturated heterocycles. The Hall–Kier alpha value is -3.38. The van der Waals surface area contributed by atoms with Gasteiger partial charge in [-0.25, -0.2) is 9.59 Å². The molecule has 2 N–H and O–H groups in total. The Morgan fingerprint density at radius 2 is 1.70 bits per heavy atom. The number of carbonyl (C=O) groups is 2. The zero-order valence-corrected chi connectivity index (χ0v) is 17.8. The Balaban J connectivity index is 1.91. The van der Waals surface area contributed by atoms with Crippen LogP contribution in [0.25, 0.3) is 0 Å². The number of benzene rings is 2. The number of hydrogen-bond acceptors (Lipinski definition) is 10. The summed E-state index contributed by atoms with van der Waals surface area (Å²) in [4.78, 5) is 36.0. The van der Waals surface area contributed by atoms with Gasteiger partial charge in [0.05, 0.1) is 17.1 Å². The molecule has 1 fully saturated rings. The number of methoxy groups -OCH3 is 1. The standard InChI is InChI=1S/C22H23NO10/c1-12-7-9-13(10-8-12)20(26)32-18-17(25)16(11-24)31-22(30-2)19(18)33-21(27)14-5-3-4-6-15(14)23(28)29/h3-10,16-19,22,24-25H,11H2,1-2H3/t16-,17+,18+,19+,22-/m1/s1. The second-order valence-electron chi connectivity index (χ2n) is 7.33. The number of nitro benzene ring substituents is 1. The van der Waals surface area contributed by atoms with Crippen LogP contribution in [-0.4, -0.2) is 71.5 Å². The minimum Gasteiger partial charge on any atom is -0.452 e. The minimum absolute atomic E-state index is 0.178. The van der Waals surface area contributed by atoms with Gasteiger partial charge >= 0.3 is 11.9 Å². The van der Waals surface area contributed by atoms with Crippen LogP contribution in [0.2, 0.25) is 0 Å². The number of carbonyl (C=O) groups excluding carboxylic acids is 2. The van der Waals surface area contributed by atoms with E-state index >= 15 is 0 Å². The van der Waals surface area contributed by atoms with Crippen LogP contribution in [0.3, 0.4) is 0 Å². The fourth-order valence-electron chi connectivity index (χ4n) is 3.36. The molecule has 176 valence electrons. The molecule has 2 aromatic rings. The molecule has 0 saturated carbocycles. The van der Waals surface area contributed by atoms with Gasteiger partial charge in [-0.05, 0) is 25.1 Å². The predicted octanol–water partition coefficient (Wildman–Crippen LogP) is 1.38. The number of nitro groups is 1. The number of aryl methyl sites for hydroxylation is 1. The summed E-state index contributed by atoms with van der Waals surface area (Å²) in [6.07, 6.45) is -7.12. The molecule has 0 bridgehead atoms. The number of hydrogen-bond donors (Lipinski definition) is 2. The van der Waals surface area contributed by atoms with Gasteiger partial charge in [0.25, 0.3) is 5.69 Å². The molecule has 0 unspecified atom stereocenters. The lowest BCUT2D eigenvalue weighted by Gasteiger charge is -2.42. The molecular formula is C22H23NO10. The highest BCUT2D eigenvalue weighted by Gasteiger charge is 2.50. The van der Waals surface area contributed by atoms with Crippen molar-refractivity contribution in [3.8, 4) is 0 Å². The molecule has 33 heavy (non-hydrogen) atoms. The van der Waals surface area contributed by atoms with Crippen LogP contribution >= 0.6 is 0 Å². The molecule has 0 aliphatic carbocycles. The van der Waals surface area contributed by atoms with Gasteiger partial charge in [0.15, 0.2) is 18.5 Å². The Morgan fingerprint density at radius 1 is 1.06 bits per heavy atom. The lowest BCUT2D eigenvalue weighted by molar-refractivity contribution is -0.385. The molecule has 0 aromatic heterocycles. The molecule has 3 rings (SSSR count). The van der Waals surface area contributed by atoms with Crippen molar-refractivity contribution in [1.82, 2.24) is 0 Å². The summed E-state index contributed by atoms with van der Waals surface area (Å²) in [6.45, 7) is 1.20. The van der Waals surface area contributed by atoms with Gasteiger partial charge < -0.3 is 29.2 Å². The highest BCUT2D eigenvalue weighted by atomic mass is 16.7. The predicted molar refractivity (Wildman–Crippen MR) is 111 cm³/mol. The van der Waals surface area contributed by atoms with Gasteiger partial charge in [0.2, 0.25) is 0 Å². The second-order valence-corrected chi connectivity index (χ2v) is 7.33. The van der Waals surface area contributed by atoms with Crippen molar-refractivity contribution < 1.29 is 43.7 Å². The molecule has 11 nitrogen and oxygen atoms in total. The Bertz CT molecular complexity index is 1010. The van der Waals surface area contributed by atoms with E-state index in [2.05, 4.69) is 0 Å². The Morgan fingerprint density at radius 3 is 2.30 bits per heavy atom. The smallest absolute Gasteiger partial charge is 0.345 e. The minimum atomic E-state index is -1.58. The van der Waals surface area contributed by atoms with Gasteiger partial charge in [0.1, 0.15) is 17.8 Å². The first-order chi connectivity index (χ1) is 15.8. The molecule has 0 amide bonds. The second kappa shape index (κ2) is 10.5. The van der Waals surface area contributed by atoms with Crippen molar-refractivity contribution in [2.45, 2.75) is 37.6 Å². The third-order valence-corrected chi connectivity index (χ3v) is 5.12. The largest absolute Gasteiger partial charge is 0.452 e. The van der Waals surface area contributed by atoms with Crippen molar-refractivity contribution in [2.75, 3.05) is 13.7 Å². The van der Waals surface area contributed by atoms with E-state index in [0.29, 0.717) is 0 Å². The number of ether oxygens (including phenoxy) is 4. The summed E-state index contributed by atoms with van der Waals surface area (Å²) in [5, 5.41) is 31.5. The zero-order chi connectivity index (χ0) is 24.1. The van der Waals surface area contributed by atoms with Gasteiger partial charge in [-0.3, -0.25) is 10.1 Å². The third-order valence-electron chi connectivity index (χ3n) is 5.12. The first kappa shape index (κ1) is 24.3. The molecule has 1 heterocycles. The molecule has 2 aromatic carbocycles. The van der Waals surface area contributed by atoms with Gasteiger partial charge in [-0.1, -0.05) is 29.8 Å². The maximum atomic E-state index is 12.8. The summed E-state index contributed by atoms with van der Waals surface area (Å²) in [5.41, 5.74) is 0.251. The maximum Gasteiger partial charge on any atom is 0.345 e. The van der Waals surface area contributed by atoms with E-state index in [9.17, 15) is 29.9 Å². The van der Waals surface area contributed by atoms with Crippen LogP contribution in [-0.2, 0) is 18.9 Å². The summed E-state index contributed by atoms with van der Waals surface area (Å²) < 4.78 is 21.5. The summed E-state index contributed by atoms with van der Waals surface area (Å²) in [5.74, 6) is -1.93. The molecule has 1 aliphatic heterocycles. The average molecular weight is 461 g/mol. The first-order valence-corrected chi connectivity index (χ1v) is 9.96. The topological polar surface area (TPSA) is 155 Å². The van der Waals surface area contributed by atoms with Crippen molar-refractivity contribution in [3.63, 3.8) is 0 Å². The van der Waals surface area contributed by atoms with Crippen molar-refractivity contribution in [3.05, 3.63) is 75.3 Å². The summed E-state index contributed by atoms with van der Waals surface area (Å²) in [7, 11) is 1.22. The van der Waals surface area contributed by atoms with Gasteiger partial charge in [0, 0.05) is 13.2 Å². The van der Waals surface area contributed by atoms with E-state index in [-0.39, 0.29) is 11.1 Å². The van der Waals surface area contributed by atoms with Crippen LogP contribution < -0.4 is 0 Å². The van der Waals surface area contributed by atoms with E-state index in [0.717, 1.165) is 11.6 Å². The number of para-hydroxylation sites is 1. The van der Waals surface area contributed by atoms with Crippen LogP contribution in [0.15, 0.2) is 48.5 Å². The number of rotatable bonds is 7. The summed E-state index contributed by atoms with van der Waals surface area (Å²) >= 11 is 0. The zero-order valence-electron chi connectivity index (χ0n) is 17.8. The molecule has 0 spiro atoms. The van der Waals surface area contributed by atoms with E-state index < -0.39 is 59.9 Å². The highest BCUT2D eigenvalue weighted by molar-refractivity contribution is 5.94. The summed E-state index contributed by atoms with van der Waals surface area (Å²) in [6, 6.07) is 11.6. The van der Waals surface area contributed by atoms with E-state index in [1.54, 1.807) is 12.1 Å². The van der Waals surface area contributed by atoms with Gasteiger partial charge in [-0.15, -0.1) is 0 Å². The highest BCUT2D eigenvalue weighted by Crippen LogP contribution is 2.29. The third kappa shape index (κ3) is 5.34. The van der Waals surface area contributed by atoms with E-state index in [4.69, 9.17) is 18.9 Å². The van der Waals surface area contributed by atoms with Crippen molar-refractivity contribution >= 4 is 17.6 Å². The van der Waals surface area contributed by atoms with E-state index in [1.807, 2.05) is 6.92 Å². The van der Waals surface area contributed by atoms with Gasteiger partial charge in [-0.2, -0.15) is 0 Å². The Kier molecular flexibility index (Phi) is 7.71. The van der Waals surface area contributed by atoms with Crippen LogP contribution in [0, 0.1) is 17.0 Å². The molecular weight excluding hydrogens is 438 g/mol. The molecule has 1 aliphatic rings. The fourth-order valence-corrected chi connectivity index (χ4v) is 3.36. The van der Waals surface area contributed by atoms with Crippen LogP contribution in [0.1, 0.15) is 26.3 Å². The maximum absolute atomic E-state index is 12.8. The SMILES string of the molecule is CO[C@@H]1O[C@H](CO)[C@H](O)[C@H](OC(=O)c2ccc(C)cc2)[C@@H]1OC(=O)c1ccccc1[N+](=O)[O-]. The van der Waals surface area contributed by atoms with Crippen molar-refractivity contribution in [2.24, 2.45) is 0 Å². The normalized spacial score (nSPS) is 24.7. The monoisotopic (exact) mass is 461 g/mol. The Labute approximate surface area is 188 Å². The lowest BCUT2D eigenvalue weighted by Crippen LogP contribution is -2.61.